The van der Waals surface area contributed by atoms with Crippen LogP contribution < -0.4 is 5.73 Å². The minimum Gasteiger partial charge on any atom is -0.329 e. The molecule has 19 heavy (non-hydrogen) atoms. The van der Waals surface area contributed by atoms with Crippen molar-refractivity contribution in [3.8, 4) is 0 Å². The van der Waals surface area contributed by atoms with Crippen molar-refractivity contribution in [2.45, 2.75) is 70.4 Å². The Morgan fingerprint density at radius 3 is 2.42 bits per heavy atom. The number of nitrogens with zero attached hydrogens (tertiary/aromatic N) is 2. The second-order valence-electron chi connectivity index (χ2n) is 6.52. The number of nitrogens with two attached hydrogens (primary N) is 1. The highest BCUT2D eigenvalue weighted by Crippen LogP contribution is 2.34. The summed E-state index contributed by atoms with van der Waals surface area (Å²) in [6.45, 7) is 10.5. The van der Waals surface area contributed by atoms with E-state index in [9.17, 15) is 0 Å². The zero-order valence-electron chi connectivity index (χ0n) is 13.0. The van der Waals surface area contributed by atoms with Crippen molar-refractivity contribution in [1.82, 2.24) is 9.80 Å². The van der Waals surface area contributed by atoms with Crippen LogP contribution in [0.15, 0.2) is 0 Å². The number of likely N-dealkylation sites (tertiary alicyclic amines) is 2. The maximum atomic E-state index is 6.25. The second-order valence-corrected chi connectivity index (χ2v) is 6.52. The third kappa shape index (κ3) is 3.32. The number of rotatable bonds is 5. The Bertz CT molecular complexity index is 259. The first-order valence-corrected chi connectivity index (χ1v) is 8.45. The number of hydrogen-bond donors (Lipinski definition) is 1. The van der Waals surface area contributed by atoms with E-state index in [1.165, 1.54) is 71.1 Å². The van der Waals surface area contributed by atoms with Gasteiger partial charge in [-0.05, 0) is 64.7 Å². The maximum absolute atomic E-state index is 6.25. The van der Waals surface area contributed by atoms with Gasteiger partial charge in [0.1, 0.15) is 0 Å². The minimum absolute atomic E-state index is 0.311. The van der Waals surface area contributed by atoms with Crippen molar-refractivity contribution < 1.29 is 0 Å². The maximum Gasteiger partial charge on any atom is 0.0358 e. The van der Waals surface area contributed by atoms with Gasteiger partial charge in [-0.3, -0.25) is 4.90 Å². The van der Waals surface area contributed by atoms with Gasteiger partial charge >= 0.3 is 0 Å². The predicted octanol–water partition coefficient (Wildman–Crippen LogP) is 2.45. The van der Waals surface area contributed by atoms with E-state index < -0.39 is 0 Å². The lowest BCUT2D eigenvalue weighted by Crippen LogP contribution is -2.63. The van der Waals surface area contributed by atoms with Gasteiger partial charge in [0, 0.05) is 18.1 Å². The molecule has 1 unspecified atom stereocenters. The van der Waals surface area contributed by atoms with Gasteiger partial charge in [0.05, 0.1) is 0 Å². The Labute approximate surface area is 119 Å². The summed E-state index contributed by atoms with van der Waals surface area (Å²) in [6.07, 6.45) is 9.29. The lowest BCUT2D eigenvalue weighted by atomic mass is 9.81. The average Bonchev–Trinajstić information content (AvgIpc) is 2.48. The molecule has 0 amide bonds. The molecule has 0 aromatic carbocycles. The molecule has 0 bridgehead atoms. The molecule has 3 heteroatoms. The minimum atomic E-state index is 0.311. The van der Waals surface area contributed by atoms with Gasteiger partial charge in [-0.1, -0.05) is 20.3 Å². The van der Waals surface area contributed by atoms with E-state index in [0.717, 1.165) is 12.6 Å². The molecule has 112 valence electrons. The fourth-order valence-corrected chi connectivity index (χ4v) is 4.17. The van der Waals surface area contributed by atoms with Crippen molar-refractivity contribution in [3.05, 3.63) is 0 Å². The third-order valence-corrected chi connectivity index (χ3v) is 5.41. The van der Waals surface area contributed by atoms with Crippen molar-refractivity contribution >= 4 is 0 Å². The van der Waals surface area contributed by atoms with Crippen LogP contribution in [0.5, 0.6) is 0 Å². The number of piperidine rings is 2. The summed E-state index contributed by atoms with van der Waals surface area (Å²) in [5, 5.41) is 0. The lowest BCUT2D eigenvalue weighted by molar-refractivity contribution is -0.0215. The van der Waals surface area contributed by atoms with Gasteiger partial charge in [-0.15, -0.1) is 0 Å². The summed E-state index contributed by atoms with van der Waals surface area (Å²) in [5.74, 6) is 0. The molecular weight excluding hydrogens is 234 g/mol. The molecule has 2 aliphatic heterocycles. The molecule has 2 N–H and O–H groups in total. The molecule has 2 heterocycles. The van der Waals surface area contributed by atoms with E-state index in [1.807, 2.05) is 0 Å². The molecule has 3 nitrogen and oxygen atoms in total. The Kier molecular flexibility index (Phi) is 5.67. The summed E-state index contributed by atoms with van der Waals surface area (Å²) < 4.78 is 0. The quantitative estimate of drug-likeness (QED) is 0.830. The molecule has 2 saturated heterocycles. The molecule has 0 radical (unpaired) electrons. The SMILES string of the molecule is CCCN1CCC(CN)(N2CCCCC2CC)CC1. The van der Waals surface area contributed by atoms with E-state index in [0.29, 0.717) is 5.54 Å². The van der Waals surface area contributed by atoms with Crippen molar-refractivity contribution in [3.63, 3.8) is 0 Å². The summed E-state index contributed by atoms with van der Waals surface area (Å²) in [5.41, 5.74) is 6.56. The predicted molar refractivity (Wildman–Crippen MR) is 82.4 cm³/mol. The average molecular weight is 267 g/mol. The van der Waals surface area contributed by atoms with Gasteiger partial charge in [-0.25, -0.2) is 0 Å². The summed E-state index contributed by atoms with van der Waals surface area (Å²) in [7, 11) is 0. The summed E-state index contributed by atoms with van der Waals surface area (Å²) in [6, 6.07) is 0.787. The highest BCUT2D eigenvalue weighted by atomic mass is 15.3. The molecule has 1 atom stereocenters. The first-order chi connectivity index (χ1) is 9.25. The van der Waals surface area contributed by atoms with Crippen LogP contribution >= 0.6 is 0 Å². The summed E-state index contributed by atoms with van der Waals surface area (Å²) >= 11 is 0. The fourth-order valence-electron chi connectivity index (χ4n) is 4.17. The van der Waals surface area contributed by atoms with Crippen molar-refractivity contribution in [2.24, 2.45) is 5.73 Å². The molecule has 0 aromatic heterocycles. The zero-order chi connectivity index (χ0) is 13.7. The van der Waals surface area contributed by atoms with Crippen molar-refractivity contribution in [1.29, 1.82) is 0 Å². The highest BCUT2D eigenvalue weighted by Gasteiger charge is 2.41. The van der Waals surface area contributed by atoms with E-state index in [1.54, 1.807) is 0 Å². The molecule has 0 aliphatic carbocycles. The standard InChI is InChI=1S/C16H33N3/c1-3-10-18-12-8-16(14-17,9-13-18)19-11-6-5-7-15(19)4-2/h15H,3-14,17H2,1-2H3. The van der Waals surface area contributed by atoms with Crippen LogP contribution in [-0.4, -0.2) is 54.1 Å². The van der Waals surface area contributed by atoms with Gasteiger partial charge in [0.15, 0.2) is 0 Å². The smallest absolute Gasteiger partial charge is 0.0358 e. The Morgan fingerprint density at radius 1 is 1.11 bits per heavy atom. The van der Waals surface area contributed by atoms with E-state index in [2.05, 4.69) is 23.6 Å². The molecule has 0 spiro atoms. The largest absolute Gasteiger partial charge is 0.329 e. The lowest BCUT2D eigenvalue weighted by Gasteiger charge is -2.53. The normalized spacial score (nSPS) is 29.5. The Balaban J connectivity index is 2.01. The van der Waals surface area contributed by atoms with Crippen LogP contribution in [0.25, 0.3) is 0 Å². The van der Waals surface area contributed by atoms with Crippen LogP contribution in [0, 0.1) is 0 Å². The Morgan fingerprint density at radius 2 is 1.84 bits per heavy atom. The monoisotopic (exact) mass is 267 g/mol. The van der Waals surface area contributed by atoms with Crippen LogP contribution in [-0.2, 0) is 0 Å². The molecular formula is C16H33N3. The fraction of sp³-hybridized carbons (Fsp3) is 1.00. The van der Waals surface area contributed by atoms with Crippen LogP contribution in [0.2, 0.25) is 0 Å². The topological polar surface area (TPSA) is 32.5 Å². The third-order valence-electron chi connectivity index (χ3n) is 5.41. The highest BCUT2D eigenvalue weighted by molar-refractivity contribution is 4.99. The van der Waals surface area contributed by atoms with Crippen LogP contribution in [0.3, 0.4) is 0 Å². The van der Waals surface area contributed by atoms with Crippen LogP contribution in [0.4, 0.5) is 0 Å². The van der Waals surface area contributed by atoms with Crippen LogP contribution in [0.1, 0.15) is 58.8 Å². The second kappa shape index (κ2) is 7.05. The molecule has 2 fully saturated rings. The van der Waals surface area contributed by atoms with Gasteiger partial charge in [-0.2, -0.15) is 0 Å². The first kappa shape index (κ1) is 15.3. The molecule has 2 rings (SSSR count). The van der Waals surface area contributed by atoms with Gasteiger partial charge in [0.2, 0.25) is 0 Å². The Hall–Kier alpha value is -0.120. The van der Waals surface area contributed by atoms with E-state index in [4.69, 9.17) is 5.73 Å². The van der Waals surface area contributed by atoms with Crippen molar-refractivity contribution in [2.75, 3.05) is 32.7 Å². The van der Waals surface area contributed by atoms with E-state index in [-0.39, 0.29) is 0 Å². The molecule has 0 saturated carbocycles. The van der Waals surface area contributed by atoms with Gasteiger partial charge < -0.3 is 10.6 Å². The summed E-state index contributed by atoms with van der Waals surface area (Å²) in [4.78, 5) is 5.43. The molecule has 2 aliphatic rings. The number of hydrogen-bond acceptors (Lipinski definition) is 3. The van der Waals surface area contributed by atoms with E-state index >= 15 is 0 Å². The first-order valence-electron chi connectivity index (χ1n) is 8.45. The molecule has 0 aromatic rings. The zero-order valence-corrected chi connectivity index (χ0v) is 13.0. The van der Waals surface area contributed by atoms with Gasteiger partial charge in [0.25, 0.3) is 0 Å².